The van der Waals surface area contributed by atoms with Crippen LogP contribution >= 0.6 is 0 Å². The van der Waals surface area contributed by atoms with Gasteiger partial charge in [0.15, 0.2) is 0 Å². The molecule has 1 aliphatic heterocycles. The summed E-state index contributed by atoms with van der Waals surface area (Å²) in [4.78, 5) is 14.3. The quantitative estimate of drug-likeness (QED) is 0.811. The lowest BCUT2D eigenvalue weighted by Gasteiger charge is -2.26. The lowest BCUT2D eigenvalue weighted by Crippen LogP contribution is -2.38. The highest BCUT2D eigenvalue weighted by molar-refractivity contribution is 5.78. The van der Waals surface area contributed by atoms with Gasteiger partial charge < -0.3 is 10.1 Å². The van der Waals surface area contributed by atoms with Gasteiger partial charge in [0.1, 0.15) is 0 Å². The summed E-state index contributed by atoms with van der Waals surface area (Å²) in [5.74, 6) is 0.111. The lowest BCUT2D eigenvalue weighted by atomic mass is 10.0. The van der Waals surface area contributed by atoms with Gasteiger partial charge in [0.05, 0.1) is 19.6 Å². The normalized spacial score (nSPS) is 15.9. The molecule has 1 N–H and O–H groups in total. The zero-order valence-electron chi connectivity index (χ0n) is 13.2. The Hall–Kier alpha value is -1.39. The second-order valence-corrected chi connectivity index (χ2v) is 5.75. The number of ether oxygens (including phenoxy) is 1. The van der Waals surface area contributed by atoms with E-state index in [1.54, 1.807) is 0 Å². The summed E-state index contributed by atoms with van der Waals surface area (Å²) in [5, 5.41) is 3.01. The maximum Gasteiger partial charge on any atom is 0.224 e. The first-order chi connectivity index (χ1) is 10.1. The van der Waals surface area contributed by atoms with Crippen molar-refractivity contribution >= 4 is 5.91 Å². The summed E-state index contributed by atoms with van der Waals surface area (Å²) in [5.41, 5.74) is 3.60. The molecule has 0 aliphatic carbocycles. The minimum Gasteiger partial charge on any atom is -0.379 e. The number of amides is 1. The summed E-state index contributed by atoms with van der Waals surface area (Å²) >= 11 is 0. The number of aryl methyl sites for hydroxylation is 2. The summed E-state index contributed by atoms with van der Waals surface area (Å²) < 4.78 is 5.32. The molecule has 1 saturated heterocycles. The molecule has 1 aliphatic rings. The minimum atomic E-state index is 0.111. The van der Waals surface area contributed by atoms with Crippen molar-refractivity contribution in [3.05, 3.63) is 34.9 Å². The fraction of sp³-hybridized carbons (Fsp3) is 0.588. The second kappa shape index (κ2) is 8.15. The van der Waals surface area contributed by atoms with E-state index in [1.165, 1.54) is 11.1 Å². The van der Waals surface area contributed by atoms with Crippen molar-refractivity contribution in [3.63, 3.8) is 0 Å². The summed E-state index contributed by atoms with van der Waals surface area (Å²) in [6.45, 7) is 9.64. The highest BCUT2D eigenvalue weighted by atomic mass is 16.5. The highest BCUT2D eigenvalue weighted by Crippen LogP contribution is 2.10. The van der Waals surface area contributed by atoms with Crippen molar-refractivity contribution in [3.8, 4) is 0 Å². The zero-order chi connectivity index (χ0) is 15.1. The van der Waals surface area contributed by atoms with Gasteiger partial charge in [0.25, 0.3) is 0 Å². The van der Waals surface area contributed by atoms with Gasteiger partial charge >= 0.3 is 0 Å². The third kappa shape index (κ3) is 5.48. The first-order valence-electron chi connectivity index (χ1n) is 7.78. The summed E-state index contributed by atoms with van der Waals surface area (Å²) in [7, 11) is 0. The molecular formula is C17H26N2O2. The van der Waals surface area contributed by atoms with Gasteiger partial charge in [-0.1, -0.05) is 18.2 Å². The van der Waals surface area contributed by atoms with Crippen LogP contribution in [0.2, 0.25) is 0 Å². The number of morpholine rings is 1. The van der Waals surface area contributed by atoms with Gasteiger partial charge in [-0.2, -0.15) is 0 Å². The number of rotatable bonds is 6. The molecule has 21 heavy (non-hydrogen) atoms. The van der Waals surface area contributed by atoms with Gasteiger partial charge in [-0.25, -0.2) is 0 Å². The van der Waals surface area contributed by atoms with Crippen LogP contribution in [0.3, 0.4) is 0 Å². The molecule has 116 valence electrons. The number of hydrogen-bond donors (Lipinski definition) is 1. The van der Waals surface area contributed by atoms with Crippen LogP contribution in [0.25, 0.3) is 0 Å². The Kier molecular flexibility index (Phi) is 6.21. The van der Waals surface area contributed by atoms with Gasteiger partial charge in [-0.15, -0.1) is 0 Å². The highest BCUT2D eigenvalue weighted by Gasteiger charge is 2.09. The van der Waals surface area contributed by atoms with E-state index in [9.17, 15) is 4.79 Å². The maximum atomic E-state index is 11.9. The molecule has 4 heteroatoms. The summed E-state index contributed by atoms with van der Waals surface area (Å²) in [6.07, 6.45) is 1.47. The van der Waals surface area contributed by atoms with Crippen LogP contribution in [0.5, 0.6) is 0 Å². The number of carbonyl (C=O) groups excluding carboxylic acids is 1. The topological polar surface area (TPSA) is 41.6 Å². The predicted molar refractivity (Wildman–Crippen MR) is 84.5 cm³/mol. The third-order valence-corrected chi connectivity index (χ3v) is 4.01. The van der Waals surface area contributed by atoms with Crippen molar-refractivity contribution in [2.45, 2.75) is 26.7 Å². The Morgan fingerprint density at radius 3 is 2.71 bits per heavy atom. The molecule has 4 nitrogen and oxygen atoms in total. The molecule has 1 aromatic rings. The Morgan fingerprint density at radius 1 is 1.24 bits per heavy atom. The van der Waals surface area contributed by atoms with Crippen LogP contribution < -0.4 is 5.32 Å². The molecule has 0 radical (unpaired) electrons. The molecule has 1 amide bonds. The Morgan fingerprint density at radius 2 is 2.00 bits per heavy atom. The number of nitrogens with zero attached hydrogens (tertiary/aromatic N) is 1. The molecule has 1 fully saturated rings. The SMILES string of the molecule is Cc1ccc(CC(=O)NCCCN2CCOCC2)cc1C. The van der Waals surface area contributed by atoms with E-state index >= 15 is 0 Å². The van der Waals surface area contributed by atoms with Gasteiger partial charge in [-0.3, -0.25) is 9.69 Å². The molecule has 0 unspecified atom stereocenters. The van der Waals surface area contributed by atoms with E-state index in [-0.39, 0.29) is 5.91 Å². The monoisotopic (exact) mass is 290 g/mol. The molecule has 0 aromatic heterocycles. The van der Waals surface area contributed by atoms with Crippen molar-refractivity contribution < 1.29 is 9.53 Å². The minimum absolute atomic E-state index is 0.111. The molecule has 0 atom stereocenters. The van der Waals surface area contributed by atoms with Crippen LogP contribution in [0, 0.1) is 13.8 Å². The maximum absolute atomic E-state index is 11.9. The van der Waals surface area contributed by atoms with E-state index in [0.29, 0.717) is 6.42 Å². The predicted octanol–water partition coefficient (Wildman–Crippen LogP) is 1.68. The third-order valence-electron chi connectivity index (χ3n) is 4.01. The van der Waals surface area contributed by atoms with Crippen LogP contribution in [-0.4, -0.2) is 50.2 Å². The lowest BCUT2D eigenvalue weighted by molar-refractivity contribution is -0.120. The second-order valence-electron chi connectivity index (χ2n) is 5.75. The van der Waals surface area contributed by atoms with E-state index in [4.69, 9.17) is 4.74 Å². The Bertz CT molecular complexity index is 468. The average molecular weight is 290 g/mol. The van der Waals surface area contributed by atoms with E-state index < -0.39 is 0 Å². The van der Waals surface area contributed by atoms with Crippen LogP contribution in [-0.2, 0) is 16.0 Å². The van der Waals surface area contributed by atoms with Gasteiger partial charge in [0.2, 0.25) is 5.91 Å². The number of benzene rings is 1. The summed E-state index contributed by atoms with van der Waals surface area (Å²) in [6, 6.07) is 6.22. The first-order valence-corrected chi connectivity index (χ1v) is 7.78. The van der Waals surface area contributed by atoms with Crippen molar-refractivity contribution in [1.29, 1.82) is 0 Å². The molecular weight excluding hydrogens is 264 g/mol. The number of nitrogens with one attached hydrogen (secondary N) is 1. The smallest absolute Gasteiger partial charge is 0.224 e. The number of carbonyl (C=O) groups is 1. The van der Waals surface area contributed by atoms with Crippen molar-refractivity contribution in [2.75, 3.05) is 39.4 Å². The van der Waals surface area contributed by atoms with Crippen molar-refractivity contribution in [2.24, 2.45) is 0 Å². The molecule has 1 aromatic carbocycles. The first kappa shape index (κ1) is 16.0. The fourth-order valence-electron chi connectivity index (χ4n) is 2.52. The number of hydrogen-bond acceptors (Lipinski definition) is 3. The van der Waals surface area contributed by atoms with Crippen LogP contribution in [0.15, 0.2) is 18.2 Å². The van der Waals surface area contributed by atoms with Crippen molar-refractivity contribution in [1.82, 2.24) is 10.2 Å². The standard InChI is InChI=1S/C17H26N2O2/c1-14-4-5-16(12-15(14)2)13-17(20)18-6-3-7-19-8-10-21-11-9-19/h4-5,12H,3,6-11,13H2,1-2H3,(H,18,20). The van der Waals surface area contributed by atoms with Gasteiger partial charge in [-0.05, 0) is 43.5 Å². The van der Waals surface area contributed by atoms with Gasteiger partial charge in [0, 0.05) is 19.6 Å². The Labute approximate surface area is 127 Å². The largest absolute Gasteiger partial charge is 0.379 e. The van der Waals surface area contributed by atoms with Crippen LogP contribution in [0.4, 0.5) is 0 Å². The molecule has 0 spiro atoms. The van der Waals surface area contributed by atoms with E-state index in [2.05, 4.69) is 36.2 Å². The zero-order valence-corrected chi connectivity index (χ0v) is 13.2. The molecule has 1 heterocycles. The van der Waals surface area contributed by atoms with E-state index in [0.717, 1.165) is 51.4 Å². The molecule has 2 rings (SSSR count). The fourth-order valence-corrected chi connectivity index (χ4v) is 2.52. The Balaban J connectivity index is 1.63. The van der Waals surface area contributed by atoms with E-state index in [1.807, 2.05) is 6.07 Å². The molecule has 0 saturated carbocycles. The average Bonchev–Trinajstić information content (AvgIpc) is 2.49. The van der Waals surface area contributed by atoms with Crippen LogP contribution in [0.1, 0.15) is 23.1 Å². The molecule has 0 bridgehead atoms.